The van der Waals surface area contributed by atoms with E-state index in [0.717, 1.165) is 0 Å². The molecule has 1 saturated heterocycles. The van der Waals surface area contributed by atoms with Crippen molar-refractivity contribution in [3.8, 4) is 0 Å². The van der Waals surface area contributed by atoms with Crippen molar-refractivity contribution in [2.75, 3.05) is 13.2 Å². The summed E-state index contributed by atoms with van der Waals surface area (Å²) in [7, 11) is 0. The Balaban J connectivity index is 2.39. The zero-order valence-electron chi connectivity index (χ0n) is 12.7. The van der Waals surface area contributed by atoms with Gasteiger partial charge in [-0.05, 0) is 11.8 Å². The SMILES string of the molecule is CC(=O)CN1[C@H](OC(C)=O)[C@@H](CF)C[C@@H]1n1ccnc1[N+](=O)[O-]. The fraction of sp³-hybridized carbons (Fsp3) is 0.615. The number of hydrogen-bond acceptors (Lipinski definition) is 7. The maximum Gasteiger partial charge on any atom is 0.435 e. The lowest BCUT2D eigenvalue weighted by atomic mass is 10.1. The molecule has 9 nitrogen and oxygen atoms in total. The predicted octanol–water partition coefficient (Wildman–Crippen LogP) is 1.06. The molecule has 0 aliphatic carbocycles. The van der Waals surface area contributed by atoms with Gasteiger partial charge in [-0.15, -0.1) is 0 Å². The number of rotatable bonds is 6. The van der Waals surface area contributed by atoms with Gasteiger partial charge in [-0.25, -0.2) is 9.47 Å². The summed E-state index contributed by atoms with van der Waals surface area (Å²) in [4.78, 5) is 38.3. The highest BCUT2D eigenvalue weighted by molar-refractivity contribution is 5.77. The Morgan fingerprint density at radius 1 is 1.52 bits per heavy atom. The van der Waals surface area contributed by atoms with Crippen LogP contribution in [0.4, 0.5) is 10.3 Å². The zero-order valence-corrected chi connectivity index (χ0v) is 12.7. The third kappa shape index (κ3) is 3.52. The highest BCUT2D eigenvalue weighted by atomic mass is 19.1. The Bertz CT molecular complexity index is 619. The van der Waals surface area contributed by atoms with E-state index in [1.165, 1.54) is 35.7 Å². The van der Waals surface area contributed by atoms with Gasteiger partial charge in [-0.3, -0.25) is 14.0 Å². The van der Waals surface area contributed by atoms with Crippen molar-refractivity contribution in [2.24, 2.45) is 5.92 Å². The minimum Gasteiger partial charge on any atom is -0.446 e. The lowest BCUT2D eigenvalue weighted by molar-refractivity contribution is -0.397. The second-order valence-electron chi connectivity index (χ2n) is 5.40. The number of Topliss-reactive ketones (excluding diaryl/α,β-unsaturated/α-hetero) is 1. The van der Waals surface area contributed by atoms with E-state index >= 15 is 0 Å². The molecule has 1 aromatic rings. The summed E-state index contributed by atoms with van der Waals surface area (Å²) in [5.74, 6) is -1.92. The maximum atomic E-state index is 13.3. The van der Waals surface area contributed by atoms with Crippen LogP contribution in [0.3, 0.4) is 0 Å². The van der Waals surface area contributed by atoms with Gasteiger partial charge >= 0.3 is 11.9 Å². The molecule has 2 heterocycles. The Morgan fingerprint density at radius 2 is 2.22 bits per heavy atom. The first-order valence-electron chi connectivity index (χ1n) is 7.00. The van der Waals surface area contributed by atoms with Gasteiger partial charge in [-0.1, -0.05) is 4.98 Å². The van der Waals surface area contributed by atoms with Crippen molar-refractivity contribution >= 4 is 17.7 Å². The molecule has 126 valence electrons. The number of hydrogen-bond donors (Lipinski definition) is 0. The van der Waals surface area contributed by atoms with E-state index in [0.29, 0.717) is 0 Å². The second-order valence-corrected chi connectivity index (χ2v) is 5.40. The van der Waals surface area contributed by atoms with Gasteiger partial charge in [0.15, 0.2) is 6.23 Å². The molecule has 1 aromatic heterocycles. The molecular weight excluding hydrogens is 311 g/mol. The maximum absolute atomic E-state index is 13.3. The Hall–Kier alpha value is -2.36. The normalized spacial score (nSPS) is 24.6. The number of esters is 1. The standard InChI is InChI=1S/C13H17FN4O5/c1-8(19)7-17-11(16-4-3-15-13(16)18(21)22)5-10(6-14)12(17)23-9(2)20/h3-4,10-12H,5-7H2,1-2H3/t10-,11-,12-/m1/s1. The van der Waals surface area contributed by atoms with E-state index in [9.17, 15) is 24.1 Å². The number of nitrogens with zero attached hydrogens (tertiary/aromatic N) is 4. The van der Waals surface area contributed by atoms with Crippen LogP contribution in [0.15, 0.2) is 12.4 Å². The van der Waals surface area contributed by atoms with Gasteiger partial charge in [0.25, 0.3) is 0 Å². The summed E-state index contributed by atoms with van der Waals surface area (Å²) in [5.41, 5.74) is 0. The number of imidazole rings is 1. The van der Waals surface area contributed by atoms with Crippen LogP contribution >= 0.6 is 0 Å². The van der Waals surface area contributed by atoms with E-state index in [2.05, 4.69) is 4.98 Å². The average Bonchev–Trinajstić information content (AvgIpc) is 3.04. The summed E-state index contributed by atoms with van der Waals surface area (Å²) < 4.78 is 19.7. The lowest BCUT2D eigenvalue weighted by Crippen LogP contribution is -2.42. The predicted molar refractivity (Wildman–Crippen MR) is 74.9 cm³/mol. The first-order chi connectivity index (χ1) is 10.8. The van der Waals surface area contributed by atoms with Gasteiger partial charge < -0.3 is 14.9 Å². The topological polar surface area (TPSA) is 108 Å². The van der Waals surface area contributed by atoms with E-state index in [4.69, 9.17) is 4.74 Å². The molecule has 10 heteroatoms. The number of halogens is 1. The first-order valence-corrected chi connectivity index (χ1v) is 7.00. The zero-order chi connectivity index (χ0) is 17.1. The summed E-state index contributed by atoms with van der Waals surface area (Å²) in [6, 6.07) is 0. The van der Waals surface area contributed by atoms with Crippen LogP contribution in [0.2, 0.25) is 0 Å². The molecule has 0 unspecified atom stereocenters. The van der Waals surface area contributed by atoms with Crippen molar-refractivity contribution in [1.29, 1.82) is 0 Å². The van der Waals surface area contributed by atoms with E-state index < -0.39 is 41.8 Å². The van der Waals surface area contributed by atoms with Gasteiger partial charge in [0, 0.05) is 19.3 Å². The van der Waals surface area contributed by atoms with E-state index in [1.807, 2.05) is 0 Å². The van der Waals surface area contributed by atoms with Gasteiger partial charge in [0.2, 0.25) is 0 Å². The number of ketones is 1. The molecule has 0 N–H and O–H groups in total. The molecule has 1 aliphatic rings. The molecule has 0 spiro atoms. The van der Waals surface area contributed by atoms with Crippen LogP contribution < -0.4 is 0 Å². The Kier molecular flexibility index (Phi) is 5.04. The van der Waals surface area contributed by atoms with Gasteiger partial charge in [0.1, 0.15) is 24.3 Å². The molecule has 1 aliphatic heterocycles. The van der Waals surface area contributed by atoms with Crippen molar-refractivity contribution < 1.29 is 23.6 Å². The smallest absolute Gasteiger partial charge is 0.435 e. The number of carbonyl (C=O) groups is 2. The van der Waals surface area contributed by atoms with E-state index in [1.54, 1.807) is 0 Å². The average molecular weight is 328 g/mol. The molecule has 2 rings (SSSR count). The number of alkyl halides is 1. The van der Waals surface area contributed by atoms with E-state index in [-0.39, 0.29) is 18.7 Å². The minimum absolute atomic E-state index is 0.117. The van der Waals surface area contributed by atoms with Crippen LogP contribution in [-0.2, 0) is 14.3 Å². The van der Waals surface area contributed by atoms with Crippen LogP contribution in [0.5, 0.6) is 0 Å². The second kappa shape index (κ2) is 6.82. The van der Waals surface area contributed by atoms with Crippen molar-refractivity contribution in [2.45, 2.75) is 32.7 Å². The molecular formula is C13H17FN4O5. The van der Waals surface area contributed by atoms with Crippen LogP contribution in [0.25, 0.3) is 0 Å². The minimum atomic E-state index is -0.951. The van der Waals surface area contributed by atoms with Crippen LogP contribution in [0, 0.1) is 16.0 Å². The molecule has 0 aromatic carbocycles. The molecule has 0 amide bonds. The van der Waals surface area contributed by atoms with Crippen LogP contribution in [0.1, 0.15) is 26.4 Å². The van der Waals surface area contributed by atoms with Crippen molar-refractivity contribution in [1.82, 2.24) is 14.5 Å². The summed E-state index contributed by atoms with van der Waals surface area (Å²) in [5, 5.41) is 11.1. The quantitative estimate of drug-likeness (QED) is 0.436. The van der Waals surface area contributed by atoms with Crippen molar-refractivity contribution in [3.63, 3.8) is 0 Å². The molecule has 3 atom stereocenters. The third-order valence-corrected chi connectivity index (χ3v) is 3.65. The molecule has 1 fully saturated rings. The number of carbonyl (C=O) groups excluding carboxylic acids is 2. The number of ether oxygens (including phenoxy) is 1. The number of aromatic nitrogens is 2. The summed E-state index contributed by atoms with van der Waals surface area (Å²) in [6.45, 7) is 1.64. The summed E-state index contributed by atoms with van der Waals surface area (Å²) >= 11 is 0. The first kappa shape index (κ1) is 17.0. The molecule has 23 heavy (non-hydrogen) atoms. The lowest BCUT2D eigenvalue weighted by Gasteiger charge is -2.28. The summed E-state index contributed by atoms with van der Waals surface area (Å²) in [6.07, 6.45) is 1.17. The fourth-order valence-electron chi connectivity index (χ4n) is 2.84. The molecule has 0 bridgehead atoms. The highest BCUT2D eigenvalue weighted by Crippen LogP contribution is 2.39. The van der Waals surface area contributed by atoms with Gasteiger partial charge in [-0.2, -0.15) is 0 Å². The monoisotopic (exact) mass is 328 g/mol. The highest BCUT2D eigenvalue weighted by Gasteiger charge is 2.47. The Labute approximate surface area is 131 Å². The molecule has 0 radical (unpaired) electrons. The van der Waals surface area contributed by atoms with Crippen molar-refractivity contribution in [3.05, 3.63) is 22.5 Å². The number of likely N-dealkylation sites (tertiary alicyclic amines) is 1. The Morgan fingerprint density at radius 3 is 2.74 bits per heavy atom. The van der Waals surface area contributed by atoms with Crippen LogP contribution in [-0.4, -0.2) is 50.6 Å². The number of nitro groups is 1. The van der Waals surface area contributed by atoms with Gasteiger partial charge in [0.05, 0.1) is 13.2 Å². The molecule has 0 saturated carbocycles. The largest absolute Gasteiger partial charge is 0.446 e. The third-order valence-electron chi connectivity index (χ3n) is 3.65. The fourth-order valence-corrected chi connectivity index (χ4v) is 2.84.